The maximum Gasteiger partial charge on any atom is 0.293 e. The molecule has 0 bridgehead atoms. The van der Waals surface area contributed by atoms with Crippen molar-refractivity contribution in [3.8, 4) is 0 Å². The Hall–Kier alpha value is -1.21. The van der Waals surface area contributed by atoms with Crippen molar-refractivity contribution in [2.24, 2.45) is 0 Å². The molecule has 0 amide bonds. The summed E-state index contributed by atoms with van der Waals surface area (Å²) in [6, 6.07) is 1.86. The van der Waals surface area contributed by atoms with E-state index in [1.165, 1.54) is 4.90 Å². The first-order valence-corrected chi connectivity index (χ1v) is 5.65. The van der Waals surface area contributed by atoms with Gasteiger partial charge in [0.2, 0.25) is 0 Å². The van der Waals surface area contributed by atoms with Crippen LogP contribution in [0, 0.1) is 15.9 Å². The van der Waals surface area contributed by atoms with Crippen LogP contribution in [0.25, 0.3) is 0 Å². The van der Waals surface area contributed by atoms with E-state index in [0.717, 1.165) is 12.1 Å². The number of hydrogen-bond acceptors (Lipinski definition) is 4. The van der Waals surface area contributed by atoms with Crippen LogP contribution in [0.4, 0.5) is 15.8 Å². The number of nitro groups is 1. The van der Waals surface area contributed by atoms with Crippen molar-refractivity contribution in [1.82, 2.24) is 0 Å². The van der Waals surface area contributed by atoms with E-state index in [4.69, 9.17) is 5.11 Å². The second kappa shape index (κ2) is 5.42. The van der Waals surface area contributed by atoms with Gasteiger partial charge in [-0.15, -0.1) is 0 Å². The minimum atomic E-state index is -0.583. The molecule has 1 N–H and O–H groups in total. The number of nitro benzene ring substituents is 1. The molecule has 94 valence electrons. The first-order chi connectivity index (χ1) is 7.88. The summed E-state index contributed by atoms with van der Waals surface area (Å²) in [4.78, 5) is 11.8. The third-order valence-electron chi connectivity index (χ3n) is 2.52. The van der Waals surface area contributed by atoms with Crippen molar-refractivity contribution in [3.63, 3.8) is 0 Å². The van der Waals surface area contributed by atoms with E-state index < -0.39 is 10.7 Å². The predicted molar refractivity (Wildman–Crippen MR) is 65.7 cm³/mol. The summed E-state index contributed by atoms with van der Waals surface area (Å²) < 4.78 is 13.4. The van der Waals surface area contributed by atoms with E-state index in [9.17, 15) is 14.5 Å². The van der Waals surface area contributed by atoms with Crippen molar-refractivity contribution in [2.45, 2.75) is 13.0 Å². The van der Waals surface area contributed by atoms with Crippen LogP contribution in [0.5, 0.6) is 0 Å². The van der Waals surface area contributed by atoms with Gasteiger partial charge in [-0.05, 0) is 22.9 Å². The molecule has 1 rings (SSSR count). The number of nitrogens with zero attached hydrogens (tertiary/aromatic N) is 2. The predicted octanol–water partition coefficient (Wildman–Crippen LogP) is 2.31. The molecule has 0 aliphatic rings. The fourth-order valence-corrected chi connectivity index (χ4v) is 1.65. The smallest absolute Gasteiger partial charge is 0.293 e. The van der Waals surface area contributed by atoms with E-state index in [0.29, 0.717) is 0 Å². The monoisotopic (exact) mass is 306 g/mol. The SMILES string of the molecule is CC(CO)N(C)c1cc(F)c(Br)cc1[N+](=O)[O-]. The summed E-state index contributed by atoms with van der Waals surface area (Å²) in [5, 5.41) is 19.9. The first kappa shape index (κ1) is 13.9. The molecule has 1 aromatic carbocycles. The normalized spacial score (nSPS) is 12.3. The van der Waals surface area contributed by atoms with Crippen LogP contribution in [0.2, 0.25) is 0 Å². The number of likely N-dealkylation sites (N-methyl/N-ethyl adjacent to an activating group) is 1. The highest BCUT2D eigenvalue weighted by Gasteiger charge is 2.22. The van der Waals surface area contributed by atoms with Crippen molar-refractivity contribution >= 4 is 27.3 Å². The van der Waals surface area contributed by atoms with Crippen LogP contribution in [0.3, 0.4) is 0 Å². The number of anilines is 1. The summed E-state index contributed by atoms with van der Waals surface area (Å²) >= 11 is 2.90. The zero-order valence-electron chi connectivity index (χ0n) is 9.35. The zero-order chi connectivity index (χ0) is 13.2. The van der Waals surface area contributed by atoms with Crippen molar-refractivity contribution in [1.29, 1.82) is 0 Å². The van der Waals surface area contributed by atoms with Gasteiger partial charge >= 0.3 is 0 Å². The van der Waals surface area contributed by atoms with Gasteiger partial charge in [0.15, 0.2) is 0 Å². The largest absolute Gasteiger partial charge is 0.394 e. The Labute approximate surface area is 106 Å². The Morgan fingerprint density at radius 1 is 1.65 bits per heavy atom. The van der Waals surface area contributed by atoms with Crippen molar-refractivity contribution < 1.29 is 14.4 Å². The average Bonchev–Trinajstić information content (AvgIpc) is 2.29. The number of halogens is 2. The lowest BCUT2D eigenvalue weighted by Crippen LogP contribution is -2.32. The van der Waals surface area contributed by atoms with E-state index in [1.807, 2.05) is 0 Å². The summed E-state index contributed by atoms with van der Waals surface area (Å²) in [6.07, 6.45) is 0. The lowest BCUT2D eigenvalue weighted by Gasteiger charge is -2.25. The van der Waals surface area contributed by atoms with Crippen LogP contribution in [0.15, 0.2) is 16.6 Å². The highest BCUT2D eigenvalue weighted by Crippen LogP contribution is 2.33. The van der Waals surface area contributed by atoms with Crippen molar-refractivity contribution in [3.05, 3.63) is 32.5 Å². The molecule has 0 radical (unpaired) electrons. The summed E-state index contributed by atoms with van der Waals surface area (Å²) in [5.74, 6) is -0.581. The molecule has 0 fully saturated rings. The zero-order valence-corrected chi connectivity index (χ0v) is 10.9. The van der Waals surface area contributed by atoms with Gasteiger partial charge in [-0.1, -0.05) is 0 Å². The minimum Gasteiger partial charge on any atom is -0.394 e. The number of rotatable bonds is 4. The molecule has 1 atom stereocenters. The van der Waals surface area contributed by atoms with Gasteiger partial charge < -0.3 is 10.0 Å². The lowest BCUT2D eigenvalue weighted by atomic mass is 10.2. The Bertz CT molecular complexity index is 442. The molecule has 7 heteroatoms. The van der Waals surface area contributed by atoms with Gasteiger partial charge in [0.05, 0.1) is 16.0 Å². The van der Waals surface area contributed by atoms with E-state index in [1.54, 1.807) is 14.0 Å². The van der Waals surface area contributed by atoms with E-state index in [2.05, 4.69) is 15.9 Å². The van der Waals surface area contributed by atoms with Crippen LogP contribution in [-0.4, -0.2) is 29.7 Å². The molecular weight excluding hydrogens is 295 g/mol. The number of aliphatic hydroxyl groups excluding tert-OH is 1. The molecule has 1 aromatic rings. The highest BCUT2D eigenvalue weighted by atomic mass is 79.9. The maximum atomic E-state index is 13.4. The standard InChI is InChI=1S/C10H12BrFN2O3/c1-6(5-15)13(2)9-4-8(12)7(11)3-10(9)14(16)17/h3-4,6,15H,5H2,1-2H3. The van der Waals surface area contributed by atoms with E-state index >= 15 is 0 Å². The van der Waals surface area contributed by atoms with Gasteiger partial charge in [-0.25, -0.2) is 4.39 Å². The van der Waals surface area contributed by atoms with Crippen LogP contribution < -0.4 is 4.90 Å². The number of aliphatic hydroxyl groups is 1. The Morgan fingerprint density at radius 2 is 2.24 bits per heavy atom. The fraction of sp³-hybridized carbons (Fsp3) is 0.400. The minimum absolute atomic E-state index is 0.0398. The molecule has 17 heavy (non-hydrogen) atoms. The first-order valence-electron chi connectivity index (χ1n) is 4.85. The summed E-state index contributed by atoms with van der Waals surface area (Å²) in [6.45, 7) is 1.51. The summed E-state index contributed by atoms with van der Waals surface area (Å²) in [5.41, 5.74) is -0.0710. The third-order valence-corrected chi connectivity index (χ3v) is 3.13. The average molecular weight is 307 g/mol. The Balaban J connectivity index is 3.30. The van der Waals surface area contributed by atoms with Crippen LogP contribution >= 0.6 is 15.9 Å². The molecule has 0 saturated heterocycles. The number of hydrogen-bond donors (Lipinski definition) is 1. The Kier molecular flexibility index (Phi) is 4.41. The maximum absolute atomic E-state index is 13.4. The topological polar surface area (TPSA) is 66.6 Å². The molecule has 0 saturated carbocycles. The Morgan fingerprint density at radius 3 is 2.71 bits per heavy atom. The molecule has 5 nitrogen and oxygen atoms in total. The number of benzene rings is 1. The second-order valence-electron chi connectivity index (χ2n) is 3.65. The molecule has 0 spiro atoms. The van der Waals surface area contributed by atoms with Gasteiger partial charge in [0.1, 0.15) is 11.5 Å². The van der Waals surface area contributed by atoms with Gasteiger partial charge in [0, 0.05) is 25.2 Å². The quantitative estimate of drug-likeness (QED) is 0.685. The second-order valence-corrected chi connectivity index (χ2v) is 4.51. The molecule has 1 unspecified atom stereocenters. The van der Waals surface area contributed by atoms with E-state index in [-0.39, 0.29) is 28.5 Å². The summed E-state index contributed by atoms with van der Waals surface area (Å²) in [7, 11) is 1.57. The molecule has 0 aliphatic heterocycles. The molecular formula is C10H12BrFN2O3. The highest BCUT2D eigenvalue weighted by molar-refractivity contribution is 9.10. The molecule has 0 aliphatic carbocycles. The van der Waals surface area contributed by atoms with Crippen LogP contribution in [0.1, 0.15) is 6.92 Å². The van der Waals surface area contributed by atoms with Gasteiger partial charge in [-0.2, -0.15) is 0 Å². The third kappa shape index (κ3) is 2.92. The fourth-order valence-electron chi connectivity index (χ4n) is 1.31. The van der Waals surface area contributed by atoms with Crippen molar-refractivity contribution in [2.75, 3.05) is 18.6 Å². The van der Waals surface area contributed by atoms with Gasteiger partial charge in [0.25, 0.3) is 5.69 Å². The van der Waals surface area contributed by atoms with Gasteiger partial charge in [-0.3, -0.25) is 10.1 Å². The molecule has 0 heterocycles. The molecule has 0 aromatic heterocycles. The van der Waals surface area contributed by atoms with Crippen LogP contribution in [-0.2, 0) is 0 Å². The lowest BCUT2D eigenvalue weighted by molar-refractivity contribution is -0.384.